The molecule has 130 valence electrons. The smallest absolute Gasteiger partial charge is 0.240 e. The van der Waals surface area contributed by atoms with Gasteiger partial charge in [0.15, 0.2) is 0 Å². The zero-order chi connectivity index (χ0) is 17.6. The van der Waals surface area contributed by atoms with Gasteiger partial charge in [-0.25, -0.2) is 13.1 Å². The zero-order valence-electron chi connectivity index (χ0n) is 14.2. The fraction of sp³-hybridized carbons (Fsp3) is 0.333. The van der Waals surface area contributed by atoms with Crippen molar-refractivity contribution in [3.63, 3.8) is 0 Å². The highest BCUT2D eigenvalue weighted by Crippen LogP contribution is 2.22. The second-order valence-electron chi connectivity index (χ2n) is 5.45. The lowest BCUT2D eigenvalue weighted by Crippen LogP contribution is -2.23. The van der Waals surface area contributed by atoms with Gasteiger partial charge in [0, 0.05) is 6.54 Å². The summed E-state index contributed by atoms with van der Waals surface area (Å²) >= 11 is 0. The van der Waals surface area contributed by atoms with E-state index in [-0.39, 0.29) is 11.4 Å². The molecule has 0 spiro atoms. The highest BCUT2D eigenvalue weighted by atomic mass is 32.2. The van der Waals surface area contributed by atoms with Crippen LogP contribution >= 0.6 is 0 Å². The van der Waals surface area contributed by atoms with Gasteiger partial charge in [0.25, 0.3) is 0 Å². The summed E-state index contributed by atoms with van der Waals surface area (Å²) in [5, 5.41) is 0. The molecule has 1 N–H and O–H groups in total. The number of nitrogens with one attached hydrogen (secondary N) is 1. The quantitative estimate of drug-likeness (QED) is 0.794. The van der Waals surface area contributed by atoms with Crippen molar-refractivity contribution in [2.45, 2.75) is 31.7 Å². The summed E-state index contributed by atoms with van der Waals surface area (Å²) in [6, 6.07) is 12.1. The van der Waals surface area contributed by atoms with E-state index in [1.807, 2.05) is 26.0 Å². The number of ether oxygens (including phenoxy) is 2. The Hall–Kier alpha value is -2.05. The van der Waals surface area contributed by atoms with E-state index in [9.17, 15) is 8.42 Å². The van der Waals surface area contributed by atoms with Gasteiger partial charge in [-0.15, -0.1) is 0 Å². The van der Waals surface area contributed by atoms with E-state index in [1.165, 1.54) is 0 Å². The van der Waals surface area contributed by atoms with Crippen LogP contribution in [0.5, 0.6) is 11.5 Å². The summed E-state index contributed by atoms with van der Waals surface area (Å²) in [4.78, 5) is 0.234. The molecule has 0 atom stereocenters. The first-order chi connectivity index (χ1) is 11.5. The van der Waals surface area contributed by atoms with Crippen LogP contribution in [-0.4, -0.2) is 22.1 Å². The van der Waals surface area contributed by atoms with Crippen LogP contribution in [0.15, 0.2) is 47.4 Å². The second-order valence-corrected chi connectivity index (χ2v) is 7.22. The summed E-state index contributed by atoms with van der Waals surface area (Å²) in [6.07, 6.45) is 0.906. The van der Waals surface area contributed by atoms with E-state index < -0.39 is 10.0 Å². The highest BCUT2D eigenvalue weighted by Gasteiger charge is 2.15. The number of benzene rings is 2. The van der Waals surface area contributed by atoms with E-state index in [2.05, 4.69) is 4.72 Å². The van der Waals surface area contributed by atoms with Gasteiger partial charge < -0.3 is 9.47 Å². The second kappa shape index (κ2) is 8.17. The highest BCUT2D eigenvalue weighted by molar-refractivity contribution is 7.89. The van der Waals surface area contributed by atoms with Crippen LogP contribution in [0.2, 0.25) is 0 Å². The molecular weight excluding hydrogens is 326 g/mol. The van der Waals surface area contributed by atoms with Gasteiger partial charge in [0.1, 0.15) is 11.5 Å². The van der Waals surface area contributed by atoms with Gasteiger partial charge in [-0.3, -0.25) is 0 Å². The maximum absolute atomic E-state index is 12.4. The van der Waals surface area contributed by atoms with Crippen molar-refractivity contribution in [1.29, 1.82) is 0 Å². The third-order valence-electron chi connectivity index (χ3n) is 3.54. The standard InChI is InChI=1S/C18H23NO4S/c1-4-11-23-18-10-9-17(12-14(18)2)24(20,21)19-13-15-5-7-16(22-3)8-6-15/h5-10,12,19H,4,11,13H2,1-3H3. The van der Waals surface area contributed by atoms with Crippen LogP contribution in [0.4, 0.5) is 0 Å². The van der Waals surface area contributed by atoms with E-state index in [1.54, 1.807) is 37.4 Å². The normalized spacial score (nSPS) is 11.3. The molecule has 0 aliphatic heterocycles. The van der Waals surface area contributed by atoms with Crippen molar-refractivity contribution >= 4 is 10.0 Å². The summed E-state index contributed by atoms with van der Waals surface area (Å²) in [5.41, 5.74) is 1.66. The molecule has 0 saturated heterocycles. The Bertz CT molecular complexity index is 770. The minimum atomic E-state index is -3.57. The van der Waals surface area contributed by atoms with Crippen molar-refractivity contribution in [1.82, 2.24) is 4.72 Å². The fourth-order valence-corrected chi connectivity index (χ4v) is 3.27. The number of hydrogen-bond donors (Lipinski definition) is 1. The first-order valence-corrected chi connectivity index (χ1v) is 9.30. The fourth-order valence-electron chi connectivity index (χ4n) is 2.17. The molecule has 2 aromatic carbocycles. The summed E-state index contributed by atoms with van der Waals surface area (Å²) < 4.78 is 38.1. The SMILES string of the molecule is CCCOc1ccc(S(=O)(=O)NCc2ccc(OC)cc2)cc1C. The van der Waals surface area contributed by atoms with E-state index in [0.29, 0.717) is 12.4 Å². The minimum absolute atomic E-state index is 0.222. The van der Waals surface area contributed by atoms with Gasteiger partial charge in [-0.1, -0.05) is 19.1 Å². The van der Waals surface area contributed by atoms with Gasteiger partial charge in [0.05, 0.1) is 18.6 Å². The van der Waals surface area contributed by atoms with Crippen molar-refractivity contribution in [2.24, 2.45) is 0 Å². The first kappa shape index (κ1) is 18.3. The predicted octanol–water partition coefficient (Wildman–Crippen LogP) is 3.27. The molecule has 6 heteroatoms. The number of methoxy groups -OCH3 is 1. The van der Waals surface area contributed by atoms with Crippen molar-refractivity contribution < 1.29 is 17.9 Å². The molecule has 5 nitrogen and oxygen atoms in total. The molecule has 0 bridgehead atoms. The maximum atomic E-state index is 12.4. The van der Waals surface area contributed by atoms with E-state index in [4.69, 9.17) is 9.47 Å². The van der Waals surface area contributed by atoms with E-state index >= 15 is 0 Å². The lowest BCUT2D eigenvalue weighted by molar-refractivity contribution is 0.315. The van der Waals surface area contributed by atoms with Crippen LogP contribution in [0.25, 0.3) is 0 Å². The molecular formula is C18H23NO4S. The van der Waals surface area contributed by atoms with Crippen molar-refractivity contribution in [2.75, 3.05) is 13.7 Å². The van der Waals surface area contributed by atoms with Gasteiger partial charge in [-0.05, 0) is 54.8 Å². The summed E-state index contributed by atoms with van der Waals surface area (Å²) in [7, 11) is -1.98. The maximum Gasteiger partial charge on any atom is 0.240 e. The molecule has 0 saturated carbocycles. The van der Waals surface area contributed by atoms with Crippen LogP contribution in [0.1, 0.15) is 24.5 Å². The van der Waals surface area contributed by atoms with Crippen LogP contribution in [0, 0.1) is 6.92 Å². The summed E-state index contributed by atoms with van der Waals surface area (Å²) in [5.74, 6) is 1.45. The number of rotatable bonds is 8. The topological polar surface area (TPSA) is 64.6 Å². The lowest BCUT2D eigenvalue weighted by Gasteiger charge is -2.11. The molecule has 0 aliphatic carbocycles. The van der Waals surface area contributed by atoms with Crippen LogP contribution < -0.4 is 14.2 Å². The molecule has 2 aromatic rings. The molecule has 0 radical (unpaired) electrons. The number of hydrogen-bond acceptors (Lipinski definition) is 4. The van der Waals surface area contributed by atoms with E-state index in [0.717, 1.165) is 23.3 Å². The molecule has 0 aliphatic rings. The van der Waals surface area contributed by atoms with Crippen LogP contribution in [0.3, 0.4) is 0 Å². The van der Waals surface area contributed by atoms with Gasteiger partial charge in [-0.2, -0.15) is 0 Å². The third-order valence-corrected chi connectivity index (χ3v) is 4.94. The average molecular weight is 349 g/mol. The molecule has 0 unspecified atom stereocenters. The number of sulfonamides is 1. The summed E-state index contributed by atoms with van der Waals surface area (Å²) in [6.45, 7) is 4.70. The van der Waals surface area contributed by atoms with Gasteiger partial charge >= 0.3 is 0 Å². The Morgan fingerprint density at radius 2 is 1.79 bits per heavy atom. The average Bonchev–Trinajstić information content (AvgIpc) is 2.59. The molecule has 0 fully saturated rings. The molecule has 0 heterocycles. The van der Waals surface area contributed by atoms with Gasteiger partial charge in [0.2, 0.25) is 10.0 Å². The largest absolute Gasteiger partial charge is 0.497 e. The zero-order valence-corrected chi connectivity index (χ0v) is 15.0. The Balaban J connectivity index is 2.07. The predicted molar refractivity (Wildman–Crippen MR) is 94.0 cm³/mol. The van der Waals surface area contributed by atoms with Crippen molar-refractivity contribution in [3.05, 3.63) is 53.6 Å². The Morgan fingerprint density at radius 1 is 1.08 bits per heavy atom. The molecule has 0 amide bonds. The molecule has 24 heavy (non-hydrogen) atoms. The molecule has 2 rings (SSSR count). The van der Waals surface area contributed by atoms with Crippen molar-refractivity contribution in [3.8, 4) is 11.5 Å². The Labute approximate surface area is 143 Å². The lowest BCUT2D eigenvalue weighted by atomic mass is 10.2. The molecule has 0 aromatic heterocycles. The Kier molecular flexibility index (Phi) is 6.23. The first-order valence-electron chi connectivity index (χ1n) is 7.82. The van der Waals surface area contributed by atoms with Crippen LogP contribution in [-0.2, 0) is 16.6 Å². The Morgan fingerprint density at radius 3 is 2.38 bits per heavy atom. The monoisotopic (exact) mass is 349 g/mol. The third kappa shape index (κ3) is 4.72. The minimum Gasteiger partial charge on any atom is -0.497 e. The number of aryl methyl sites for hydroxylation is 1.